The Morgan fingerprint density at radius 3 is 2.70 bits per heavy atom. The molecule has 1 N–H and O–H groups in total. The van der Waals surface area contributed by atoms with Crippen LogP contribution in [-0.4, -0.2) is 18.1 Å². The van der Waals surface area contributed by atoms with Gasteiger partial charge in [-0.1, -0.05) is 50.5 Å². The number of benzene rings is 2. The highest BCUT2D eigenvalue weighted by atomic mass is 79.9. The molecule has 0 aliphatic rings. The minimum absolute atomic E-state index is 0.0983. The summed E-state index contributed by atoms with van der Waals surface area (Å²) in [4.78, 5) is 24.0. The standard InChI is InChI=1S/C21H23BrN2O3/c1-2-3-4-5-13-20(25)24-23-15-16-9-8-10-17(14-16)27-21(26)18-11-6-7-12-19(18)22/h6-12,14-15H,2-5,13H2,1H3,(H,24,25). The van der Waals surface area contributed by atoms with Crippen molar-refractivity contribution < 1.29 is 14.3 Å². The van der Waals surface area contributed by atoms with Gasteiger partial charge in [-0.25, -0.2) is 10.2 Å². The Morgan fingerprint density at radius 2 is 1.93 bits per heavy atom. The highest BCUT2D eigenvalue weighted by Crippen LogP contribution is 2.19. The van der Waals surface area contributed by atoms with Gasteiger partial charge in [0.05, 0.1) is 11.8 Å². The highest BCUT2D eigenvalue weighted by Gasteiger charge is 2.11. The molecular weight excluding hydrogens is 408 g/mol. The Balaban J connectivity index is 1.88. The molecule has 0 saturated carbocycles. The van der Waals surface area contributed by atoms with Crippen LogP contribution in [0.15, 0.2) is 58.1 Å². The van der Waals surface area contributed by atoms with Gasteiger partial charge in [-0.2, -0.15) is 5.10 Å². The van der Waals surface area contributed by atoms with E-state index in [0.29, 0.717) is 22.2 Å². The number of hydrogen-bond acceptors (Lipinski definition) is 4. The van der Waals surface area contributed by atoms with Crippen molar-refractivity contribution >= 4 is 34.0 Å². The summed E-state index contributed by atoms with van der Waals surface area (Å²) < 4.78 is 6.08. The molecule has 0 bridgehead atoms. The molecule has 0 fully saturated rings. The van der Waals surface area contributed by atoms with Gasteiger partial charge in [0.1, 0.15) is 5.75 Å². The number of hydrogen-bond donors (Lipinski definition) is 1. The second-order valence-corrected chi connectivity index (χ2v) is 6.90. The summed E-state index contributed by atoms with van der Waals surface area (Å²) in [6, 6.07) is 14.0. The molecule has 6 heteroatoms. The van der Waals surface area contributed by atoms with Crippen molar-refractivity contribution in [1.82, 2.24) is 5.43 Å². The third-order valence-electron chi connectivity index (χ3n) is 3.82. The van der Waals surface area contributed by atoms with Crippen LogP contribution in [0.3, 0.4) is 0 Å². The molecule has 142 valence electrons. The van der Waals surface area contributed by atoms with Gasteiger partial charge >= 0.3 is 5.97 Å². The van der Waals surface area contributed by atoms with E-state index < -0.39 is 5.97 Å². The molecule has 0 aliphatic carbocycles. The molecular formula is C21H23BrN2O3. The quantitative estimate of drug-likeness (QED) is 0.198. The molecule has 27 heavy (non-hydrogen) atoms. The van der Waals surface area contributed by atoms with E-state index in [-0.39, 0.29) is 5.91 Å². The maximum absolute atomic E-state index is 12.3. The van der Waals surface area contributed by atoms with Crippen LogP contribution in [0.25, 0.3) is 0 Å². The molecule has 0 aromatic heterocycles. The number of carbonyl (C=O) groups is 2. The van der Waals surface area contributed by atoms with Crippen molar-refractivity contribution in [2.75, 3.05) is 0 Å². The molecule has 0 atom stereocenters. The lowest BCUT2D eigenvalue weighted by molar-refractivity contribution is -0.121. The van der Waals surface area contributed by atoms with E-state index in [0.717, 1.165) is 31.2 Å². The lowest BCUT2D eigenvalue weighted by atomic mass is 10.1. The fraction of sp³-hybridized carbons (Fsp3) is 0.286. The molecule has 5 nitrogen and oxygen atoms in total. The zero-order valence-electron chi connectivity index (χ0n) is 15.3. The van der Waals surface area contributed by atoms with E-state index in [1.165, 1.54) is 6.21 Å². The van der Waals surface area contributed by atoms with Crippen molar-refractivity contribution in [3.8, 4) is 5.75 Å². The zero-order valence-corrected chi connectivity index (χ0v) is 16.9. The van der Waals surface area contributed by atoms with E-state index in [4.69, 9.17) is 4.74 Å². The fourth-order valence-electron chi connectivity index (χ4n) is 2.39. The van der Waals surface area contributed by atoms with Gasteiger partial charge in [-0.3, -0.25) is 4.79 Å². The van der Waals surface area contributed by atoms with Crippen LogP contribution in [-0.2, 0) is 4.79 Å². The number of halogens is 1. The number of nitrogens with zero attached hydrogens (tertiary/aromatic N) is 1. The van der Waals surface area contributed by atoms with Crippen LogP contribution >= 0.6 is 15.9 Å². The highest BCUT2D eigenvalue weighted by molar-refractivity contribution is 9.10. The van der Waals surface area contributed by atoms with Gasteiger partial charge in [-0.05, 0) is 52.2 Å². The Labute approximate surface area is 167 Å². The molecule has 2 rings (SSSR count). The first-order chi connectivity index (χ1) is 13.1. The summed E-state index contributed by atoms with van der Waals surface area (Å²) >= 11 is 3.34. The van der Waals surface area contributed by atoms with Gasteiger partial charge in [0.2, 0.25) is 5.91 Å². The Hall–Kier alpha value is -2.47. The first kappa shape index (κ1) is 20.8. The monoisotopic (exact) mass is 430 g/mol. The number of amides is 1. The minimum atomic E-state index is -0.447. The fourth-order valence-corrected chi connectivity index (χ4v) is 2.84. The van der Waals surface area contributed by atoms with Crippen LogP contribution < -0.4 is 10.2 Å². The molecule has 0 radical (unpaired) electrons. The Morgan fingerprint density at radius 1 is 1.11 bits per heavy atom. The predicted molar refractivity (Wildman–Crippen MR) is 110 cm³/mol. The molecule has 2 aromatic carbocycles. The summed E-state index contributed by atoms with van der Waals surface area (Å²) in [5.41, 5.74) is 3.69. The van der Waals surface area contributed by atoms with E-state index in [2.05, 4.69) is 33.4 Å². The van der Waals surface area contributed by atoms with Crippen molar-refractivity contribution in [3.05, 3.63) is 64.1 Å². The first-order valence-corrected chi connectivity index (χ1v) is 9.78. The van der Waals surface area contributed by atoms with E-state index >= 15 is 0 Å². The molecule has 2 aromatic rings. The lowest BCUT2D eigenvalue weighted by Crippen LogP contribution is -2.16. The molecule has 0 spiro atoms. The maximum atomic E-state index is 12.3. The van der Waals surface area contributed by atoms with Gasteiger partial charge in [0, 0.05) is 10.9 Å². The largest absolute Gasteiger partial charge is 0.423 e. The van der Waals surface area contributed by atoms with Crippen LogP contribution in [0.1, 0.15) is 54.9 Å². The van der Waals surface area contributed by atoms with Crippen molar-refractivity contribution in [3.63, 3.8) is 0 Å². The average Bonchev–Trinajstić information content (AvgIpc) is 2.66. The third kappa shape index (κ3) is 7.35. The third-order valence-corrected chi connectivity index (χ3v) is 4.51. The summed E-state index contributed by atoms with van der Waals surface area (Å²) in [5, 5.41) is 3.96. The molecule has 1 amide bonds. The van der Waals surface area contributed by atoms with E-state index in [1.807, 2.05) is 12.1 Å². The van der Waals surface area contributed by atoms with Crippen LogP contribution in [0.2, 0.25) is 0 Å². The smallest absolute Gasteiger partial charge is 0.344 e. The summed E-state index contributed by atoms with van der Waals surface area (Å²) in [6.07, 6.45) is 6.21. The van der Waals surface area contributed by atoms with Gasteiger partial charge < -0.3 is 4.74 Å². The predicted octanol–water partition coefficient (Wildman–Crippen LogP) is 5.09. The lowest BCUT2D eigenvalue weighted by Gasteiger charge is -2.06. The molecule has 0 heterocycles. The Bertz CT molecular complexity index is 806. The van der Waals surface area contributed by atoms with Gasteiger partial charge in [0.25, 0.3) is 0 Å². The minimum Gasteiger partial charge on any atom is -0.423 e. The van der Waals surface area contributed by atoms with Crippen molar-refractivity contribution in [2.24, 2.45) is 5.10 Å². The van der Waals surface area contributed by atoms with Crippen LogP contribution in [0, 0.1) is 0 Å². The van der Waals surface area contributed by atoms with E-state index in [1.54, 1.807) is 36.4 Å². The Kier molecular flexibility index (Phi) is 8.71. The normalized spacial score (nSPS) is 10.7. The number of ether oxygens (including phenoxy) is 1. The molecule has 0 aliphatic heterocycles. The number of carbonyl (C=O) groups excluding carboxylic acids is 2. The van der Waals surface area contributed by atoms with Crippen molar-refractivity contribution in [1.29, 1.82) is 0 Å². The summed E-state index contributed by atoms with van der Waals surface area (Å²) in [5.74, 6) is -0.138. The number of esters is 1. The number of unbranched alkanes of at least 4 members (excludes halogenated alkanes) is 3. The number of hydrazone groups is 1. The van der Waals surface area contributed by atoms with Gasteiger partial charge in [0.15, 0.2) is 0 Å². The SMILES string of the molecule is CCCCCCC(=O)NN=Cc1cccc(OC(=O)c2ccccc2Br)c1. The van der Waals surface area contributed by atoms with Gasteiger partial charge in [-0.15, -0.1) is 0 Å². The first-order valence-electron chi connectivity index (χ1n) is 8.99. The van der Waals surface area contributed by atoms with Crippen LogP contribution in [0.5, 0.6) is 5.75 Å². The van der Waals surface area contributed by atoms with E-state index in [9.17, 15) is 9.59 Å². The van der Waals surface area contributed by atoms with Crippen LogP contribution in [0.4, 0.5) is 0 Å². The maximum Gasteiger partial charge on any atom is 0.344 e. The summed E-state index contributed by atoms with van der Waals surface area (Å²) in [7, 11) is 0. The van der Waals surface area contributed by atoms with Crippen molar-refractivity contribution in [2.45, 2.75) is 39.0 Å². The molecule has 0 saturated heterocycles. The second-order valence-electron chi connectivity index (χ2n) is 6.05. The summed E-state index contributed by atoms with van der Waals surface area (Å²) in [6.45, 7) is 2.13. The molecule has 0 unspecified atom stereocenters. The topological polar surface area (TPSA) is 67.8 Å². The number of rotatable bonds is 9. The number of nitrogens with one attached hydrogen (secondary N) is 1. The average molecular weight is 431 g/mol. The second kappa shape index (κ2) is 11.3. The zero-order chi connectivity index (χ0) is 19.5.